The van der Waals surface area contributed by atoms with Crippen LogP contribution in [0.3, 0.4) is 0 Å². The number of halogens is 2. The molecule has 1 saturated heterocycles. The molecule has 2 atom stereocenters. The Labute approximate surface area is 151 Å². The molecule has 1 aliphatic rings. The molecule has 0 spiro atoms. The molecule has 0 aromatic heterocycles. The first-order chi connectivity index (χ1) is 12.5. The number of carboxylic acid groups (broad SMARTS) is 1. The Hall–Kier alpha value is -2.47. The van der Waals surface area contributed by atoms with E-state index >= 15 is 0 Å². The van der Waals surface area contributed by atoms with Crippen LogP contribution < -0.4 is 0 Å². The molecule has 2 aromatic rings. The molecule has 2 aromatic carbocycles. The normalized spacial score (nSPS) is 20.3. The van der Waals surface area contributed by atoms with Crippen LogP contribution in [-0.2, 0) is 6.54 Å². The van der Waals surface area contributed by atoms with Crippen LogP contribution in [0, 0.1) is 11.6 Å². The fourth-order valence-corrected chi connectivity index (χ4v) is 3.73. The van der Waals surface area contributed by atoms with Gasteiger partial charge in [0.05, 0.1) is 6.04 Å². The molecule has 6 heteroatoms. The number of likely N-dealkylation sites (N-methyl/N-ethyl adjacent to an activating group) is 1. The fourth-order valence-electron chi connectivity index (χ4n) is 3.73. The minimum absolute atomic E-state index is 0.204. The Morgan fingerprint density at radius 3 is 2.50 bits per heavy atom. The van der Waals surface area contributed by atoms with Gasteiger partial charge in [0, 0.05) is 32.1 Å². The zero-order chi connectivity index (χ0) is 18.7. The Bertz CT molecular complexity index is 770. The molecule has 1 amide bonds. The van der Waals surface area contributed by atoms with E-state index in [2.05, 4.69) is 4.90 Å². The highest BCUT2D eigenvalue weighted by Gasteiger charge is 2.39. The van der Waals surface area contributed by atoms with Gasteiger partial charge in [-0.2, -0.15) is 0 Å². The summed E-state index contributed by atoms with van der Waals surface area (Å²) in [6.07, 6.45) is -0.994. The molecule has 1 fully saturated rings. The Kier molecular flexibility index (Phi) is 5.52. The topological polar surface area (TPSA) is 43.8 Å². The second-order valence-corrected chi connectivity index (χ2v) is 6.60. The van der Waals surface area contributed by atoms with E-state index in [0.717, 1.165) is 11.6 Å². The van der Waals surface area contributed by atoms with Gasteiger partial charge < -0.3 is 10.0 Å². The summed E-state index contributed by atoms with van der Waals surface area (Å²) in [5, 5.41) is 9.55. The van der Waals surface area contributed by atoms with Gasteiger partial charge in [-0.05, 0) is 30.2 Å². The zero-order valence-electron chi connectivity index (χ0n) is 14.6. The largest absolute Gasteiger partial charge is 0.465 e. The maximum atomic E-state index is 13.7. The molecule has 0 saturated carbocycles. The molecule has 26 heavy (non-hydrogen) atoms. The highest BCUT2D eigenvalue weighted by Crippen LogP contribution is 2.33. The predicted molar refractivity (Wildman–Crippen MR) is 95.0 cm³/mol. The van der Waals surface area contributed by atoms with E-state index in [0.29, 0.717) is 31.7 Å². The van der Waals surface area contributed by atoms with Gasteiger partial charge in [-0.3, -0.25) is 4.90 Å². The minimum atomic E-state index is -0.994. The fraction of sp³-hybridized carbons (Fsp3) is 0.350. The summed E-state index contributed by atoms with van der Waals surface area (Å²) in [6, 6.07) is 13.5. The molecule has 0 radical (unpaired) electrons. The molecule has 1 N–H and O–H groups in total. The van der Waals surface area contributed by atoms with Crippen LogP contribution in [0.5, 0.6) is 0 Å². The summed E-state index contributed by atoms with van der Waals surface area (Å²) < 4.78 is 27.0. The molecule has 0 unspecified atom stereocenters. The molecule has 0 aliphatic carbocycles. The molecule has 4 nitrogen and oxygen atoms in total. The van der Waals surface area contributed by atoms with Gasteiger partial charge in [-0.1, -0.05) is 36.4 Å². The van der Waals surface area contributed by atoms with Crippen molar-refractivity contribution in [2.24, 2.45) is 0 Å². The van der Waals surface area contributed by atoms with Gasteiger partial charge >= 0.3 is 6.09 Å². The van der Waals surface area contributed by atoms with Crippen molar-refractivity contribution < 1.29 is 18.7 Å². The second-order valence-electron chi connectivity index (χ2n) is 6.60. The van der Waals surface area contributed by atoms with Crippen molar-refractivity contribution in [3.05, 3.63) is 71.3 Å². The zero-order valence-corrected chi connectivity index (χ0v) is 14.6. The quantitative estimate of drug-likeness (QED) is 0.879. The maximum Gasteiger partial charge on any atom is 0.407 e. The summed E-state index contributed by atoms with van der Waals surface area (Å²) in [5.41, 5.74) is 1.76. The van der Waals surface area contributed by atoms with Crippen molar-refractivity contribution in [3.63, 3.8) is 0 Å². The van der Waals surface area contributed by atoms with Gasteiger partial charge in [0.2, 0.25) is 0 Å². The first kappa shape index (κ1) is 18.3. The third kappa shape index (κ3) is 3.85. The second kappa shape index (κ2) is 7.83. The molecule has 1 aliphatic heterocycles. The first-order valence-corrected chi connectivity index (χ1v) is 8.70. The lowest BCUT2D eigenvalue weighted by molar-refractivity contribution is 0.124. The number of hydrogen-bond acceptors (Lipinski definition) is 2. The average molecular weight is 360 g/mol. The smallest absolute Gasteiger partial charge is 0.407 e. The Morgan fingerprint density at radius 1 is 1.15 bits per heavy atom. The Balaban J connectivity index is 1.87. The predicted octanol–water partition coefficient (Wildman–Crippen LogP) is 3.93. The first-order valence-electron chi connectivity index (χ1n) is 8.70. The van der Waals surface area contributed by atoms with E-state index in [4.69, 9.17) is 0 Å². The van der Waals surface area contributed by atoms with Crippen LogP contribution >= 0.6 is 0 Å². The number of amides is 1. The molecule has 0 bridgehead atoms. The van der Waals surface area contributed by atoms with E-state index in [-0.39, 0.29) is 12.0 Å². The molecular formula is C20H22F2N2O2. The summed E-state index contributed by atoms with van der Waals surface area (Å²) in [6.45, 7) is 3.97. The van der Waals surface area contributed by atoms with Crippen LogP contribution in [0.1, 0.15) is 24.0 Å². The van der Waals surface area contributed by atoms with Gasteiger partial charge in [0.1, 0.15) is 0 Å². The third-order valence-electron chi connectivity index (χ3n) is 4.97. The van der Waals surface area contributed by atoms with E-state index in [9.17, 15) is 18.7 Å². The van der Waals surface area contributed by atoms with E-state index < -0.39 is 17.7 Å². The van der Waals surface area contributed by atoms with E-state index in [1.54, 1.807) is 13.0 Å². The number of nitrogens with zero attached hydrogens (tertiary/aromatic N) is 2. The van der Waals surface area contributed by atoms with Crippen molar-refractivity contribution in [1.29, 1.82) is 0 Å². The summed E-state index contributed by atoms with van der Waals surface area (Å²) >= 11 is 0. The molecular weight excluding hydrogens is 338 g/mol. The van der Waals surface area contributed by atoms with Gasteiger partial charge in [0.25, 0.3) is 0 Å². The highest BCUT2D eigenvalue weighted by atomic mass is 19.2. The number of benzene rings is 2. The van der Waals surface area contributed by atoms with Crippen molar-refractivity contribution in [2.45, 2.75) is 25.4 Å². The van der Waals surface area contributed by atoms with E-state index in [1.165, 1.54) is 11.0 Å². The molecule has 1 heterocycles. The van der Waals surface area contributed by atoms with Crippen LogP contribution in [0.25, 0.3) is 0 Å². The SMILES string of the molecule is CCN(C(=O)O)[C@@H]1CN(Cc2ccccc2)C[C@H]1c1ccc(F)c(F)c1. The maximum absolute atomic E-state index is 13.7. The summed E-state index contributed by atoms with van der Waals surface area (Å²) in [4.78, 5) is 15.2. The van der Waals surface area contributed by atoms with Crippen molar-refractivity contribution in [2.75, 3.05) is 19.6 Å². The number of hydrogen-bond donors (Lipinski definition) is 1. The number of rotatable bonds is 5. The van der Waals surface area contributed by atoms with E-state index in [1.807, 2.05) is 30.3 Å². The molecule has 138 valence electrons. The lowest BCUT2D eigenvalue weighted by atomic mass is 9.93. The standard InChI is InChI=1S/C20H22F2N2O2/c1-2-24(20(25)26)19-13-23(11-14-6-4-3-5-7-14)12-16(19)15-8-9-17(21)18(22)10-15/h3-10,16,19H,2,11-13H2,1H3,(H,25,26)/t16-,19+/m0/s1. The van der Waals surface area contributed by atoms with Gasteiger partial charge in [0.15, 0.2) is 11.6 Å². The Morgan fingerprint density at radius 2 is 1.88 bits per heavy atom. The van der Waals surface area contributed by atoms with Crippen LogP contribution in [-0.4, -0.2) is 46.7 Å². The summed E-state index contributed by atoms with van der Waals surface area (Å²) in [7, 11) is 0. The third-order valence-corrected chi connectivity index (χ3v) is 4.97. The average Bonchev–Trinajstić information content (AvgIpc) is 3.02. The summed E-state index contributed by atoms with van der Waals surface area (Å²) in [5.74, 6) is -2.00. The van der Waals surface area contributed by atoms with Crippen molar-refractivity contribution >= 4 is 6.09 Å². The van der Waals surface area contributed by atoms with Crippen molar-refractivity contribution in [1.82, 2.24) is 9.80 Å². The van der Waals surface area contributed by atoms with Crippen LogP contribution in [0.15, 0.2) is 48.5 Å². The number of likely N-dealkylation sites (tertiary alicyclic amines) is 1. The number of carbonyl (C=O) groups is 1. The lowest BCUT2D eigenvalue weighted by Gasteiger charge is -2.29. The van der Waals surface area contributed by atoms with Gasteiger partial charge in [-0.25, -0.2) is 13.6 Å². The molecule has 3 rings (SSSR count). The van der Waals surface area contributed by atoms with Crippen LogP contribution in [0.2, 0.25) is 0 Å². The lowest BCUT2D eigenvalue weighted by Crippen LogP contribution is -2.43. The highest BCUT2D eigenvalue weighted by molar-refractivity contribution is 5.65. The van der Waals surface area contributed by atoms with Gasteiger partial charge in [-0.15, -0.1) is 0 Å². The monoisotopic (exact) mass is 360 g/mol. The minimum Gasteiger partial charge on any atom is -0.465 e. The van der Waals surface area contributed by atoms with Crippen LogP contribution in [0.4, 0.5) is 13.6 Å². The van der Waals surface area contributed by atoms with Crippen molar-refractivity contribution in [3.8, 4) is 0 Å².